The number of benzene rings is 1. The fourth-order valence-corrected chi connectivity index (χ4v) is 3.05. The second-order valence-electron chi connectivity index (χ2n) is 5.61. The first-order chi connectivity index (χ1) is 11.6. The van der Waals surface area contributed by atoms with Gasteiger partial charge in [-0.05, 0) is 36.1 Å². The van der Waals surface area contributed by atoms with E-state index in [1.807, 2.05) is 43.2 Å². The quantitative estimate of drug-likeness (QED) is 0.670. The monoisotopic (exact) mass is 340 g/mol. The van der Waals surface area contributed by atoms with Gasteiger partial charge in [-0.1, -0.05) is 12.1 Å². The Labute approximate surface area is 145 Å². The molecule has 2 aromatic heterocycles. The van der Waals surface area contributed by atoms with Gasteiger partial charge in [0.25, 0.3) is 5.91 Å². The van der Waals surface area contributed by atoms with E-state index in [2.05, 4.69) is 35.6 Å². The lowest BCUT2D eigenvalue weighted by Crippen LogP contribution is -2.27. The number of aromatic nitrogens is 3. The van der Waals surface area contributed by atoms with Gasteiger partial charge >= 0.3 is 0 Å². The van der Waals surface area contributed by atoms with Crippen LogP contribution in [0.5, 0.6) is 0 Å². The van der Waals surface area contributed by atoms with Crippen molar-refractivity contribution in [1.29, 1.82) is 0 Å². The molecule has 5 nitrogen and oxygen atoms in total. The molecule has 0 saturated heterocycles. The Kier molecular flexibility index (Phi) is 4.76. The lowest BCUT2D eigenvalue weighted by Gasteiger charge is -2.18. The van der Waals surface area contributed by atoms with Crippen molar-refractivity contribution >= 4 is 17.7 Å². The predicted octanol–water partition coefficient (Wildman–Crippen LogP) is 3.20. The Balaban J connectivity index is 1.81. The molecule has 6 heteroatoms. The van der Waals surface area contributed by atoms with Gasteiger partial charge in [-0.3, -0.25) is 9.48 Å². The summed E-state index contributed by atoms with van der Waals surface area (Å²) in [6.07, 6.45) is 7.50. The highest BCUT2D eigenvalue weighted by molar-refractivity contribution is 7.98. The van der Waals surface area contributed by atoms with Gasteiger partial charge in [0, 0.05) is 37.9 Å². The summed E-state index contributed by atoms with van der Waals surface area (Å²) in [6, 6.07) is 12.1. The molecule has 0 atom stereocenters. The van der Waals surface area contributed by atoms with Crippen molar-refractivity contribution in [1.82, 2.24) is 19.2 Å². The van der Waals surface area contributed by atoms with Crippen molar-refractivity contribution in [2.45, 2.75) is 11.4 Å². The smallest absolute Gasteiger partial charge is 0.259 e. The van der Waals surface area contributed by atoms with E-state index in [1.54, 1.807) is 27.5 Å². The van der Waals surface area contributed by atoms with Gasteiger partial charge in [-0.15, -0.1) is 11.8 Å². The third kappa shape index (κ3) is 3.23. The molecule has 1 aromatic carbocycles. The summed E-state index contributed by atoms with van der Waals surface area (Å²) in [5.74, 6) is 0.732. The van der Waals surface area contributed by atoms with E-state index in [0.717, 1.165) is 11.4 Å². The largest absolute Gasteiger partial charge is 0.337 e. The summed E-state index contributed by atoms with van der Waals surface area (Å²) in [7, 11) is 3.66. The summed E-state index contributed by atoms with van der Waals surface area (Å²) >= 11 is 1.71. The summed E-state index contributed by atoms with van der Waals surface area (Å²) in [6.45, 7) is 0.563. The van der Waals surface area contributed by atoms with Crippen LogP contribution in [-0.2, 0) is 13.6 Å². The first-order valence-corrected chi connectivity index (χ1v) is 8.86. The molecule has 0 spiro atoms. The maximum Gasteiger partial charge on any atom is 0.259 e. The minimum atomic E-state index is -0.0410. The number of amides is 1. The number of hydrogen-bond acceptors (Lipinski definition) is 3. The number of hydrogen-bond donors (Lipinski definition) is 0. The summed E-state index contributed by atoms with van der Waals surface area (Å²) < 4.78 is 3.62. The molecule has 0 bridgehead atoms. The van der Waals surface area contributed by atoms with Crippen LogP contribution in [0.25, 0.3) is 5.82 Å². The van der Waals surface area contributed by atoms with Crippen LogP contribution in [0.3, 0.4) is 0 Å². The fraction of sp³-hybridized carbons (Fsp3) is 0.222. The average molecular weight is 340 g/mol. The Morgan fingerprint density at radius 3 is 2.50 bits per heavy atom. The van der Waals surface area contributed by atoms with Crippen LogP contribution in [-0.4, -0.2) is 38.5 Å². The molecule has 3 rings (SSSR count). The zero-order valence-corrected chi connectivity index (χ0v) is 14.8. The van der Waals surface area contributed by atoms with Crippen molar-refractivity contribution in [3.8, 4) is 5.82 Å². The maximum absolute atomic E-state index is 12.9. The Bertz CT molecular complexity index is 821. The van der Waals surface area contributed by atoms with Crippen LogP contribution < -0.4 is 0 Å². The average Bonchev–Trinajstić information content (AvgIpc) is 3.24. The standard InChI is InChI=1S/C18H20N4OS/c1-20(13-14-6-8-15(24-3)9-7-14)18(23)16-12-19-21(2)17(16)22-10-4-5-11-22/h4-12H,13H2,1-3H3. The molecular formula is C18H20N4OS. The molecule has 24 heavy (non-hydrogen) atoms. The summed E-state index contributed by atoms with van der Waals surface area (Å²) in [4.78, 5) is 15.8. The molecular weight excluding hydrogens is 320 g/mol. The fourth-order valence-electron chi connectivity index (χ4n) is 2.65. The number of carbonyl (C=O) groups excluding carboxylic acids is 1. The van der Waals surface area contributed by atoms with Gasteiger partial charge in [0.05, 0.1) is 6.20 Å². The van der Waals surface area contributed by atoms with Crippen LogP contribution >= 0.6 is 11.8 Å². The molecule has 124 valence electrons. The number of aryl methyl sites for hydroxylation is 1. The molecule has 0 aliphatic rings. The third-order valence-corrected chi connectivity index (χ3v) is 4.66. The van der Waals surface area contributed by atoms with Crippen LogP contribution in [0.15, 0.2) is 59.9 Å². The molecule has 0 fully saturated rings. The topological polar surface area (TPSA) is 43.1 Å². The first-order valence-electron chi connectivity index (χ1n) is 7.64. The predicted molar refractivity (Wildman–Crippen MR) is 96.6 cm³/mol. The van der Waals surface area contributed by atoms with E-state index in [0.29, 0.717) is 12.1 Å². The van der Waals surface area contributed by atoms with Gasteiger partial charge < -0.3 is 9.47 Å². The zero-order valence-electron chi connectivity index (χ0n) is 14.0. The number of rotatable bonds is 5. The van der Waals surface area contributed by atoms with Crippen LogP contribution in [0.2, 0.25) is 0 Å². The molecule has 0 N–H and O–H groups in total. The Hall–Kier alpha value is -2.47. The normalized spacial score (nSPS) is 10.8. The van der Waals surface area contributed by atoms with Gasteiger partial charge in [-0.2, -0.15) is 5.10 Å². The van der Waals surface area contributed by atoms with Gasteiger partial charge in [0.1, 0.15) is 11.4 Å². The molecule has 0 aliphatic carbocycles. The summed E-state index contributed by atoms with van der Waals surface area (Å²) in [5, 5.41) is 4.25. The number of thioether (sulfide) groups is 1. The van der Waals surface area contributed by atoms with Gasteiger partial charge in [0.15, 0.2) is 0 Å². The minimum Gasteiger partial charge on any atom is -0.337 e. The lowest BCUT2D eigenvalue weighted by molar-refractivity contribution is 0.0785. The highest BCUT2D eigenvalue weighted by Crippen LogP contribution is 2.18. The Morgan fingerprint density at radius 2 is 1.88 bits per heavy atom. The molecule has 0 aliphatic heterocycles. The minimum absolute atomic E-state index is 0.0410. The van der Waals surface area contributed by atoms with E-state index in [1.165, 1.54) is 4.90 Å². The number of nitrogens with zero attached hydrogens (tertiary/aromatic N) is 4. The van der Waals surface area contributed by atoms with Crippen molar-refractivity contribution in [2.24, 2.45) is 7.05 Å². The highest BCUT2D eigenvalue weighted by Gasteiger charge is 2.20. The van der Waals surface area contributed by atoms with E-state index < -0.39 is 0 Å². The van der Waals surface area contributed by atoms with E-state index in [-0.39, 0.29) is 5.91 Å². The van der Waals surface area contributed by atoms with Crippen LogP contribution in [0.4, 0.5) is 0 Å². The SMILES string of the molecule is CSc1ccc(CN(C)C(=O)c2cnn(C)c2-n2cccc2)cc1. The van der Waals surface area contributed by atoms with E-state index in [4.69, 9.17) is 0 Å². The third-order valence-electron chi connectivity index (χ3n) is 3.91. The second kappa shape index (κ2) is 6.97. The molecule has 2 heterocycles. The van der Waals surface area contributed by atoms with Crippen molar-refractivity contribution < 1.29 is 4.79 Å². The summed E-state index contributed by atoms with van der Waals surface area (Å²) in [5.41, 5.74) is 1.70. The molecule has 3 aromatic rings. The molecule has 0 saturated carbocycles. The molecule has 0 unspecified atom stereocenters. The van der Waals surface area contributed by atoms with Crippen molar-refractivity contribution in [3.63, 3.8) is 0 Å². The van der Waals surface area contributed by atoms with Crippen molar-refractivity contribution in [2.75, 3.05) is 13.3 Å². The second-order valence-corrected chi connectivity index (χ2v) is 6.48. The van der Waals surface area contributed by atoms with Gasteiger partial charge in [-0.25, -0.2) is 0 Å². The Morgan fingerprint density at radius 1 is 1.21 bits per heavy atom. The van der Waals surface area contributed by atoms with E-state index >= 15 is 0 Å². The maximum atomic E-state index is 12.9. The number of carbonyl (C=O) groups is 1. The van der Waals surface area contributed by atoms with E-state index in [9.17, 15) is 4.79 Å². The first kappa shape index (κ1) is 16.4. The van der Waals surface area contributed by atoms with Crippen LogP contribution in [0.1, 0.15) is 15.9 Å². The highest BCUT2D eigenvalue weighted by atomic mass is 32.2. The lowest BCUT2D eigenvalue weighted by atomic mass is 10.2. The van der Waals surface area contributed by atoms with Crippen LogP contribution in [0, 0.1) is 0 Å². The van der Waals surface area contributed by atoms with Gasteiger partial charge in [0.2, 0.25) is 0 Å². The molecule has 1 amide bonds. The molecule has 0 radical (unpaired) electrons. The zero-order chi connectivity index (χ0) is 17.1. The van der Waals surface area contributed by atoms with Crippen molar-refractivity contribution in [3.05, 3.63) is 66.1 Å².